The standard InChI is InChI=1S/C11H9F3O/c1-2-10(15,11(12,13)14)8-9-6-4-3-5-7-9/h1,3-7,15H,8H2. The van der Waals surface area contributed by atoms with Crippen molar-refractivity contribution >= 4 is 0 Å². The first-order chi connectivity index (χ1) is 6.89. The molecular formula is C11H9F3O. The Morgan fingerprint density at radius 2 is 1.73 bits per heavy atom. The Morgan fingerprint density at radius 1 is 1.20 bits per heavy atom. The van der Waals surface area contributed by atoms with Crippen molar-refractivity contribution in [2.24, 2.45) is 0 Å². The van der Waals surface area contributed by atoms with E-state index in [2.05, 4.69) is 0 Å². The van der Waals surface area contributed by atoms with Crippen LogP contribution in [-0.4, -0.2) is 16.9 Å². The summed E-state index contributed by atoms with van der Waals surface area (Å²) in [6.07, 6.45) is -0.732. The summed E-state index contributed by atoms with van der Waals surface area (Å²) in [6, 6.07) is 7.80. The predicted molar refractivity (Wildman–Crippen MR) is 50.0 cm³/mol. The van der Waals surface area contributed by atoms with Crippen LogP contribution in [-0.2, 0) is 6.42 Å². The van der Waals surface area contributed by atoms with Crippen LogP contribution in [0.1, 0.15) is 5.56 Å². The maximum atomic E-state index is 12.4. The second kappa shape index (κ2) is 3.95. The molecule has 0 heterocycles. The van der Waals surface area contributed by atoms with E-state index in [0.29, 0.717) is 5.56 Å². The minimum atomic E-state index is -4.82. The first kappa shape index (κ1) is 11.6. The van der Waals surface area contributed by atoms with Crippen molar-refractivity contribution in [3.05, 3.63) is 35.9 Å². The Hall–Kier alpha value is -1.47. The van der Waals surface area contributed by atoms with Gasteiger partial charge in [0.25, 0.3) is 0 Å². The molecule has 1 aromatic rings. The number of aliphatic hydroxyl groups is 1. The lowest BCUT2D eigenvalue weighted by molar-refractivity contribution is -0.234. The summed E-state index contributed by atoms with van der Waals surface area (Å²) in [4.78, 5) is 0. The van der Waals surface area contributed by atoms with Gasteiger partial charge in [0.15, 0.2) is 0 Å². The monoisotopic (exact) mass is 214 g/mol. The van der Waals surface area contributed by atoms with Crippen molar-refractivity contribution in [2.75, 3.05) is 0 Å². The molecule has 1 aromatic carbocycles. The molecule has 0 radical (unpaired) electrons. The number of rotatable bonds is 2. The van der Waals surface area contributed by atoms with E-state index in [0.717, 1.165) is 0 Å². The zero-order valence-electron chi connectivity index (χ0n) is 7.75. The molecule has 0 saturated heterocycles. The van der Waals surface area contributed by atoms with Crippen LogP contribution in [0.5, 0.6) is 0 Å². The summed E-state index contributed by atoms with van der Waals surface area (Å²) in [5.74, 6) is 1.40. The number of terminal acetylenes is 1. The Bertz CT molecular complexity index is 364. The van der Waals surface area contributed by atoms with Gasteiger partial charge in [0.05, 0.1) is 0 Å². The van der Waals surface area contributed by atoms with Gasteiger partial charge in [0.2, 0.25) is 5.60 Å². The van der Waals surface area contributed by atoms with E-state index in [1.165, 1.54) is 18.1 Å². The topological polar surface area (TPSA) is 20.2 Å². The van der Waals surface area contributed by atoms with Gasteiger partial charge < -0.3 is 5.11 Å². The molecule has 1 atom stereocenters. The van der Waals surface area contributed by atoms with E-state index in [1.807, 2.05) is 0 Å². The number of hydrogen-bond acceptors (Lipinski definition) is 1. The molecule has 1 unspecified atom stereocenters. The Morgan fingerprint density at radius 3 is 2.13 bits per heavy atom. The first-order valence-corrected chi connectivity index (χ1v) is 4.20. The van der Waals surface area contributed by atoms with Gasteiger partial charge in [-0.1, -0.05) is 36.3 Å². The molecule has 1 rings (SSSR count). The van der Waals surface area contributed by atoms with Gasteiger partial charge in [-0.15, -0.1) is 6.42 Å². The van der Waals surface area contributed by atoms with Gasteiger partial charge in [0, 0.05) is 6.42 Å². The van der Waals surface area contributed by atoms with Crippen LogP contribution in [0.3, 0.4) is 0 Å². The molecule has 0 fully saturated rings. The van der Waals surface area contributed by atoms with Crippen LogP contribution in [0.25, 0.3) is 0 Å². The highest BCUT2D eigenvalue weighted by atomic mass is 19.4. The number of alkyl halides is 3. The minimum absolute atomic E-state index is 0.343. The van der Waals surface area contributed by atoms with Gasteiger partial charge in [-0.2, -0.15) is 13.2 Å². The van der Waals surface area contributed by atoms with Crippen molar-refractivity contribution in [1.82, 2.24) is 0 Å². The lowest BCUT2D eigenvalue weighted by atomic mass is 9.95. The summed E-state index contributed by atoms with van der Waals surface area (Å²) >= 11 is 0. The van der Waals surface area contributed by atoms with Crippen molar-refractivity contribution in [1.29, 1.82) is 0 Å². The molecule has 4 heteroatoms. The van der Waals surface area contributed by atoms with Crippen LogP contribution >= 0.6 is 0 Å². The van der Waals surface area contributed by atoms with Crippen molar-refractivity contribution in [2.45, 2.75) is 18.2 Å². The second-order valence-electron chi connectivity index (χ2n) is 3.16. The number of halogens is 3. The molecule has 80 valence electrons. The van der Waals surface area contributed by atoms with Crippen LogP contribution in [0, 0.1) is 12.3 Å². The van der Waals surface area contributed by atoms with E-state index < -0.39 is 18.2 Å². The predicted octanol–water partition coefficient (Wildman–Crippen LogP) is 2.16. The molecule has 0 aromatic heterocycles. The highest BCUT2D eigenvalue weighted by Gasteiger charge is 2.52. The maximum Gasteiger partial charge on any atom is 0.429 e. The minimum Gasteiger partial charge on any atom is -0.369 e. The van der Waals surface area contributed by atoms with E-state index in [1.54, 1.807) is 18.2 Å². The van der Waals surface area contributed by atoms with Crippen molar-refractivity contribution in [3.63, 3.8) is 0 Å². The largest absolute Gasteiger partial charge is 0.429 e. The van der Waals surface area contributed by atoms with Gasteiger partial charge in [-0.3, -0.25) is 0 Å². The summed E-state index contributed by atoms with van der Waals surface area (Å²) in [5.41, 5.74) is -2.75. The molecule has 1 N–H and O–H groups in total. The summed E-state index contributed by atoms with van der Waals surface area (Å²) < 4.78 is 37.2. The Kier molecular flexibility index (Phi) is 3.06. The highest BCUT2D eigenvalue weighted by molar-refractivity contribution is 5.23. The summed E-state index contributed by atoms with van der Waals surface area (Å²) in [7, 11) is 0. The summed E-state index contributed by atoms with van der Waals surface area (Å²) in [5, 5.41) is 9.25. The van der Waals surface area contributed by atoms with E-state index in [-0.39, 0.29) is 0 Å². The second-order valence-corrected chi connectivity index (χ2v) is 3.16. The molecule has 0 saturated carbocycles. The third-order valence-electron chi connectivity index (χ3n) is 2.01. The maximum absolute atomic E-state index is 12.4. The molecule has 15 heavy (non-hydrogen) atoms. The molecular weight excluding hydrogens is 205 g/mol. The first-order valence-electron chi connectivity index (χ1n) is 4.20. The molecule has 0 aliphatic carbocycles. The Labute approximate surface area is 85.5 Å². The van der Waals surface area contributed by atoms with E-state index in [9.17, 15) is 18.3 Å². The zero-order chi connectivity index (χ0) is 11.5. The lowest BCUT2D eigenvalue weighted by Crippen LogP contribution is -2.45. The molecule has 0 spiro atoms. The highest BCUT2D eigenvalue weighted by Crippen LogP contribution is 2.32. The number of hydrogen-bond donors (Lipinski definition) is 1. The van der Waals surface area contributed by atoms with E-state index >= 15 is 0 Å². The third kappa shape index (κ3) is 2.51. The van der Waals surface area contributed by atoms with Crippen molar-refractivity contribution in [3.8, 4) is 12.3 Å². The lowest BCUT2D eigenvalue weighted by Gasteiger charge is -2.24. The normalized spacial score (nSPS) is 15.4. The van der Waals surface area contributed by atoms with Crippen LogP contribution in [0.15, 0.2) is 30.3 Å². The zero-order valence-corrected chi connectivity index (χ0v) is 7.75. The average molecular weight is 214 g/mol. The Balaban J connectivity index is 2.94. The molecule has 0 aliphatic heterocycles. The van der Waals surface area contributed by atoms with Crippen molar-refractivity contribution < 1.29 is 18.3 Å². The fourth-order valence-electron chi connectivity index (χ4n) is 1.12. The van der Waals surface area contributed by atoms with Gasteiger partial charge in [-0.05, 0) is 5.56 Å². The van der Waals surface area contributed by atoms with Crippen LogP contribution in [0.4, 0.5) is 13.2 Å². The molecule has 0 amide bonds. The molecule has 0 bridgehead atoms. The van der Waals surface area contributed by atoms with Gasteiger partial charge in [0.1, 0.15) is 0 Å². The van der Waals surface area contributed by atoms with Crippen LogP contribution < -0.4 is 0 Å². The molecule has 1 nitrogen and oxygen atoms in total. The quantitative estimate of drug-likeness (QED) is 0.748. The van der Waals surface area contributed by atoms with Crippen LogP contribution in [0.2, 0.25) is 0 Å². The SMILES string of the molecule is C#CC(O)(Cc1ccccc1)C(F)(F)F. The average Bonchev–Trinajstić information content (AvgIpc) is 2.17. The number of benzene rings is 1. The smallest absolute Gasteiger partial charge is 0.369 e. The fraction of sp³-hybridized carbons (Fsp3) is 0.273. The molecule has 0 aliphatic rings. The van der Waals surface area contributed by atoms with Gasteiger partial charge in [-0.25, -0.2) is 0 Å². The third-order valence-corrected chi connectivity index (χ3v) is 2.01. The summed E-state index contributed by atoms with van der Waals surface area (Å²) in [6.45, 7) is 0. The van der Waals surface area contributed by atoms with Gasteiger partial charge >= 0.3 is 6.18 Å². The van der Waals surface area contributed by atoms with E-state index in [4.69, 9.17) is 6.42 Å². The fourth-order valence-corrected chi connectivity index (χ4v) is 1.12.